The van der Waals surface area contributed by atoms with Crippen LogP contribution in [0.25, 0.3) is 0 Å². The molecule has 0 spiro atoms. The van der Waals surface area contributed by atoms with Gasteiger partial charge in [-0.2, -0.15) is 0 Å². The van der Waals surface area contributed by atoms with Crippen LogP contribution in [-0.4, -0.2) is 57.7 Å². The van der Waals surface area contributed by atoms with Gasteiger partial charge in [0.1, 0.15) is 6.10 Å². The van der Waals surface area contributed by atoms with E-state index in [1.54, 1.807) is 6.20 Å². The van der Waals surface area contributed by atoms with E-state index < -0.39 is 11.9 Å². The van der Waals surface area contributed by atoms with Gasteiger partial charge in [-0.25, -0.2) is 9.59 Å². The third-order valence-corrected chi connectivity index (χ3v) is 3.09. The van der Waals surface area contributed by atoms with Crippen LogP contribution in [0.4, 0.5) is 0 Å². The first-order valence-corrected chi connectivity index (χ1v) is 6.54. The highest BCUT2D eigenvalue weighted by Gasteiger charge is 2.32. The SMILES string of the molecule is CC(=O)OC1C[C@@H](c2cccnc2)N(C)C1.O=C(O)C(=O)O. The summed E-state index contributed by atoms with van der Waals surface area (Å²) in [5.74, 6) is -3.85. The highest BCUT2D eigenvalue weighted by atomic mass is 16.5. The van der Waals surface area contributed by atoms with Crippen molar-refractivity contribution in [1.29, 1.82) is 0 Å². The molecule has 0 amide bonds. The quantitative estimate of drug-likeness (QED) is 0.600. The molecule has 2 N–H and O–H groups in total. The molecule has 1 aromatic rings. The van der Waals surface area contributed by atoms with Crippen molar-refractivity contribution in [3.63, 3.8) is 0 Å². The standard InChI is InChI=1S/C12H16N2O2.C2H2O4/c1-9(15)16-11-6-12(14(2)8-11)10-4-3-5-13-7-10;3-1(4)2(5)6/h3-5,7,11-12H,6,8H2,1-2H3;(H,3,4)(H,5,6)/t11?,12-;/m0./s1. The molecule has 22 heavy (non-hydrogen) atoms. The molecular weight excluding hydrogens is 292 g/mol. The first-order valence-electron chi connectivity index (χ1n) is 6.54. The van der Waals surface area contributed by atoms with Crippen LogP contribution >= 0.6 is 0 Å². The number of pyridine rings is 1. The zero-order chi connectivity index (χ0) is 16.7. The van der Waals surface area contributed by atoms with Crippen molar-refractivity contribution in [2.75, 3.05) is 13.6 Å². The van der Waals surface area contributed by atoms with Crippen molar-refractivity contribution >= 4 is 17.9 Å². The van der Waals surface area contributed by atoms with Gasteiger partial charge in [0.05, 0.1) is 0 Å². The number of aliphatic carboxylic acids is 2. The summed E-state index contributed by atoms with van der Waals surface area (Å²) in [6.07, 6.45) is 4.49. The zero-order valence-corrected chi connectivity index (χ0v) is 12.3. The van der Waals surface area contributed by atoms with E-state index in [2.05, 4.69) is 16.0 Å². The van der Waals surface area contributed by atoms with Crippen molar-refractivity contribution < 1.29 is 29.3 Å². The Morgan fingerprint density at radius 1 is 1.32 bits per heavy atom. The number of carbonyl (C=O) groups excluding carboxylic acids is 1. The number of rotatable bonds is 2. The third kappa shape index (κ3) is 5.49. The van der Waals surface area contributed by atoms with Gasteiger partial charge in [0, 0.05) is 38.3 Å². The number of hydrogen-bond acceptors (Lipinski definition) is 6. The monoisotopic (exact) mass is 310 g/mol. The van der Waals surface area contributed by atoms with Crippen LogP contribution in [0.15, 0.2) is 24.5 Å². The predicted octanol–water partition coefficient (Wildman–Crippen LogP) is 0.545. The molecule has 1 aliphatic heterocycles. The molecule has 1 saturated heterocycles. The molecule has 0 aliphatic carbocycles. The largest absolute Gasteiger partial charge is 0.473 e. The second-order valence-corrected chi connectivity index (χ2v) is 4.82. The molecule has 8 heteroatoms. The molecule has 120 valence electrons. The van der Waals surface area contributed by atoms with Crippen LogP contribution < -0.4 is 0 Å². The highest BCUT2D eigenvalue weighted by Crippen LogP contribution is 2.31. The predicted molar refractivity (Wildman–Crippen MR) is 75.1 cm³/mol. The smallest absolute Gasteiger partial charge is 0.414 e. The second kappa shape index (κ2) is 8.08. The van der Waals surface area contributed by atoms with Crippen LogP contribution in [0.3, 0.4) is 0 Å². The van der Waals surface area contributed by atoms with Crippen LogP contribution in [0.2, 0.25) is 0 Å². The number of carbonyl (C=O) groups is 3. The minimum absolute atomic E-state index is 0.00714. The second-order valence-electron chi connectivity index (χ2n) is 4.82. The Kier molecular flexibility index (Phi) is 6.46. The fourth-order valence-corrected chi connectivity index (χ4v) is 2.24. The molecule has 1 unspecified atom stereocenters. The van der Waals surface area contributed by atoms with Crippen LogP contribution in [0.1, 0.15) is 24.9 Å². The van der Waals surface area contributed by atoms with Gasteiger partial charge in [0.2, 0.25) is 0 Å². The van der Waals surface area contributed by atoms with Gasteiger partial charge >= 0.3 is 17.9 Å². The van der Waals surface area contributed by atoms with E-state index in [-0.39, 0.29) is 12.1 Å². The Morgan fingerprint density at radius 3 is 2.41 bits per heavy atom. The molecule has 2 atom stereocenters. The average Bonchev–Trinajstić information content (AvgIpc) is 2.80. The van der Waals surface area contributed by atoms with Crippen molar-refractivity contribution in [3.8, 4) is 0 Å². The number of hydrogen-bond donors (Lipinski definition) is 2. The number of aromatic nitrogens is 1. The normalized spacial score (nSPS) is 20.6. The molecule has 0 radical (unpaired) electrons. The minimum Gasteiger partial charge on any atom is -0.473 e. The van der Waals surface area contributed by atoms with Crippen LogP contribution in [-0.2, 0) is 19.1 Å². The molecule has 2 heterocycles. The van der Waals surface area contributed by atoms with Gasteiger partial charge in [0.25, 0.3) is 0 Å². The summed E-state index contributed by atoms with van der Waals surface area (Å²) in [7, 11) is 2.04. The van der Waals surface area contributed by atoms with E-state index in [1.807, 2.05) is 19.3 Å². The number of esters is 1. The number of likely N-dealkylation sites (tertiary alicyclic amines) is 1. The maximum atomic E-state index is 10.9. The minimum atomic E-state index is -1.82. The molecule has 0 saturated carbocycles. The maximum absolute atomic E-state index is 10.9. The topological polar surface area (TPSA) is 117 Å². The molecule has 0 aromatic carbocycles. The van der Waals surface area contributed by atoms with Gasteiger partial charge in [-0.05, 0) is 18.7 Å². The first kappa shape index (κ1) is 17.6. The molecule has 1 fully saturated rings. The summed E-state index contributed by atoms with van der Waals surface area (Å²) >= 11 is 0. The highest BCUT2D eigenvalue weighted by molar-refractivity contribution is 6.27. The zero-order valence-electron chi connectivity index (χ0n) is 12.3. The number of nitrogens with zero attached hydrogens (tertiary/aromatic N) is 2. The van der Waals surface area contributed by atoms with Crippen LogP contribution in [0.5, 0.6) is 0 Å². The summed E-state index contributed by atoms with van der Waals surface area (Å²) < 4.78 is 5.23. The van der Waals surface area contributed by atoms with Gasteiger partial charge in [-0.1, -0.05) is 6.07 Å². The lowest BCUT2D eigenvalue weighted by atomic mass is 10.1. The molecule has 2 rings (SSSR count). The Balaban J connectivity index is 0.000000346. The van der Waals surface area contributed by atoms with Crippen molar-refractivity contribution in [2.45, 2.75) is 25.5 Å². The maximum Gasteiger partial charge on any atom is 0.414 e. The fourth-order valence-electron chi connectivity index (χ4n) is 2.24. The van der Waals surface area contributed by atoms with E-state index in [0.29, 0.717) is 6.04 Å². The van der Waals surface area contributed by atoms with Crippen LogP contribution in [0, 0.1) is 0 Å². The lowest BCUT2D eigenvalue weighted by Gasteiger charge is -2.18. The number of likely N-dealkylation sites (N-methyl/N-ethyl adjacent to an activating group) is 1. The van der Waals surface area contributed by atoms with E-state index >= 15 is 0 Å². The Bertz CT molecular complexity index is 521. The summed E-state index contributed by atoms with van der Waals surface area (Å²) in [5.41, 5.74) is 1.18. The average molecular weight is 310 g/mol. The van der Waals surface area contributed by atoms with Gasteiger partial charge in [-0.3, -0.25) is 14.7 Å². The fraction of sp³-hybridized carbons (Fsp3) is 0.429. The Hall–Kier alpha value is -2.48. The van der Waals surface area contributed by atoms with Gasteiger partial charge < -0.3 is 14.9 Å². The van der Waals surface area contributed by atoms with E-state index in [4.69, 9.17) is 24.5 Å². The van der Waals surface area contributed by atoms with Crippen molar-refractivity contribution in [1.82, 2.24) is 9.88 Å². The molecular formula is C14H18N2O6. The summed E-state index contributed by atoms with van der Waals surface area (Å²) in [6.45, 7) is 2.25. The van der Waals surface area contributed by atoms with Gasteiger partial charge in [0.15, 0.2) is 0 Å². The Labute approximate surface area is 127 Å². The lowest BCUT2D eigenvalue weighted by Crippen LogP contribution is -2.21. The molecule has 1 aromatic heterocycles. The molecule has 1 aliphatic rings. The van der Waals surface area contributed by atoms with E-state index in [0.717, 1.165) is 13.0 Å². The Morgan fingerprint density at radius 2 is 1.95 bits per heavy atom. The summed E-state index contributed by atoms with van der Waals surface area (Å²) in [6, 6.07) is 4.30. The third-order valence-electron chi connectivity index (χ3n) is 3.09. The summed E-state index contributed by atoms with van der Waals surface area (Å²) in [4.78, 5) is 35.4. The number of carboxylic acid groups (broad SMARTS) is 2. The summed E-state index contributed by atoms with van der Waals surface area (Å²) in [5, 5.41) is 14.8. The van der Waals surface area contributed by atoms with Gasteiger partial charge in [-0.15, -0.1) is 0 Å². The number of ether oxygens (including phenoxy) is 1. The van der Waals surface area contributed by atoms with E-state index in [9.17, 15) is 4.79 Å². The first-order chi connectivity index (χ1) is 10.3. The molecule has 8 nitrogen and oxygen atoms in total. The van der Waals surface area contributed by atoms with E-state index in [1.165, 1.54) is 12.5 Å². The lowest BCUT2D eigenvalue weighted by molar-refractivity contribution is -0.159. The molecule has 0 bridgehead atoms. The van der Waals surface area contributed by atoms with Crippen molar-refractivity contribution in [3.05, 3.63) is 30.1 Å². The number of carboxylic acids is 2. The van der Waals surface area contributed by atoms with Crippen molar-refractivity contribution in [2.24, 2.45) is 0 Å².